The Bertz CT molecular complexity index is 1150. The van der Waals surface area contributed by atoms with E-state index in [0.717, 1.165) is 25.0 Å². The number of hydrogen-bond donors (Lipinski definition) is 1. The van der Waals surface area contributed by atoms with Gasteiger partial charge in [-0.3, -0.25) is 9.36 Å². The number of amides is 1. The van der Waals surface area contributed by atoms with Crippen LogP contribution in [0.25, 0.3) is 11.4 Å². The molecular formula is C23H23FN4O4S. The summed E-state index contributed by atoms with van der Waals surface area (Å²) in [7, 11) is 0. The van der Waals surface area contributed by atoms with Gasteiger partial charge in [0.2, 0.25) is 12.7 Å². The van der Waals surface area contributed by atoms with Crippen LogP contribution in [0.2, 0.25) is 0 Å². The van der Waals surface area contributed by atoms with E-state index in [1.807, 2.05) is 11.5 Å². The van der Waals surface area contributed by atoms with Crippen molar-refractivity contribution >= 4 is 23.4 Å². The van der Waals surface area contributed by atoms with Crippen LogP contribution in [-0.4, -0.2) is 45.4 Å². The average molecular weight is 471 g/mol. The molecule has 33 heavy (non-hydrogen) atoms. The Balaban J connectivity index is 1.34. The second-order valence-electron chi connectivity index (χ2n) is 7.88. The lowest BCUT2D eigenvalue weighted by atomic mass is 10.2. The second kappa shape index (κ2) is 9.40. The van der Waals surface area contributed by atoms with Gasteiger partial charge in [0, 0.05) is 23.9 Å². The standard InChI is InChI=1S/C23H23FN4O4S/c1-14(22(29)25-17-8-9-19-20(11-17)32-13-31-19)33-23-27-26-21(15-4-6-16(24)7-5-15)28(23)12-18-3-2-10-30-18/h4-9,11,14,18H,2-3,10,12-13H2,1H3,(H,25,29)/t14-,18+/m1/s1. The lowest BCUT2D eigenvalue weighted by Gasteiger charge is -2.16. The fourth-order valence-corrected chi connectivity index (χ4v) is 4.63. The molecule has 172 valence electrons. The van der Waals surface area contributed by atoms with E-state index in [9.17, 15) is 9.18 Å². The Hall–Kier alpha value is -3.11. The van der Waals surface area contributed by atoms with Crippen LogP contribution < -0.4 is 14.8 Å². The van der Waals surface area contributed by atoms with Gasteiger partial charge in [0.25, 0.3) is 0 Å². The number of nitrogens with one attached hydrogen (secondary N) is 1. The Kier molecular flexibility index (Phi) is 6.19. The number of halogens is 1. The van der Waals surface area contributed by atoms with Gasteiger partial charge in [-0.2, -0.15) is 0 Å². The molecule has 0 unspecified atom stereocenters. The topological polar surface area (TPSA) is 87.5 Å². The highest BCUT2D eigenvalue weighted by Crippen LogP contribution is 2.35. The molecule has 0 aliphatic carbocycles. The summed E-state index contributed by atoms with van der Waals surface area (Å²) < 4.78 is 31.9. The third-order valence-corrected chi connectivity index (χ3v) is 6.60. The van der Waals surface area contributed by atoms with Crippen LogP contribution >= 0.6 is 11.8 Å². The van der Waals surface area contributed by atoms with E-state index in [1.165, 1.54) is 23.9 Å². The van der Waals surface area contributed by atoms with Crippen LogP contribution in [-0.2, 0) is 16.1 Å². The van der Waals surface area contributed by atoms with Gasteiger partial charge < -0.3 is 19.5 Å². The first kappa shape index (κ1) is 21.7. The molecule has 10 heteroatoms. The zero-order valence-electron chi connectivity index (χ0n) is 18.0. The smallest absolute Gasteiger partial charge is 0.237 e. The highest BCUT2D eigenvalue weighted by atomic mass is 32.2. The minimum Gasteiger partial charge on any atom is -0.454 e. The predicted octanol–water partition coefficient (Wildman–Crippen LogP) is 4.11. The molecule has 1 amide bonds. The number of ether oxygens (including phenoxy) is 3. The van der Waals surface area contributed by atoms with Gasteiger partial charge in [-0.25, -0.2) is 4.39 Å². The average Bonchev–Trinajstić information content (AvgIpc) is 3.57. The lowest BCUT2D eigenvalue weighted by molar-refractivity contribution is -0.115. The first-order valence-corrected chi connectivity index (χ1v) is 11.6. The Morgan fingerprint density at radius 2 is 2.03 bits per heavy atom. The van der Waals surface area contributed by atoms with Crippen molar-refractivity contribution in [3.63, 3.8) is 0 Å². The van der Waals surface area contributed by atoms with E-state index in [-0.39, 0.29) is 24.6 Å². The minimum absolute atomic E-state index is 0.0531. The molecule has 3 aromatic rings. The van der Waals surface area contributed by atoms with Crippen LogP contribution in [0.4, 0.5) is 10.1 Å². The van der Waals surface area contributed by atoms with Gasteiger partial charge in [0.15, 0.2) is 22.5 Å². The molecular weight excluding hydrogens is 447 g/mol. The van der Waals surface area contributed by atoms with Gasteiger partial charge >= 0.3 is 0 Å². The first-order chi connectivity index (χ1) is 16.1. The summed E-state index contributed by atoms with van der Waals surface area (Å²) in [5.41, 5.74) is 1.38. The number of aromatic nitrogens is 3. The SMILES string of the molecule is C[C@@H](Sc1nnc(-c2ccc(F)cc2)n1C[C@@H]1CCCO1)C(=O)Nc1ccc2c(c1)OCO2. The molecule has 1 saturated heterocycles. The van der Waals surface area contributed by atoms with Crippen LogP contribution in [0.15, 0.2) is 47.6 Å². The van der Waals surface area contributed by atoms with E-state index in [4.69, 9.17) is 14.2 Å². The Labute approximate surface area is 194 Å². The summed E-state index contributed by atoms with van der Waals surface area (Å²) in [5, 5.41) is 11.8. The van der Waals surface area contributed by atoms with Crippen molar-refractivity contribution in [3.8, 4) is 22.9 Å². The molecule has 2 aliphatic rings. The monoisotopic (exact) mass is 470 g/mol. The molecule has 0 saturated carbocycles. The van der Waals surface area contributed by atoms with Crippen molar-refractivity contribution in [2.45, 2.75) is 42.8 Å². The van der Waals surface area contributed by atoms with Gasteiger partial charge in [-0.1, -0.05) is 11.8 Å². The fourth-order valence-electron chi connectivity index (χ4n) is 3.77. The normalized spacial score (nSPS) is 17.8. The third kappa shape index (κ3) is 4.81. The number of hydrogen-bond acceptors (Lipinski definition) is 7. The number of carbonyl (C=O) groups excluding carboxylic acids is 1. The summed E-state index contributed by atoms with van der Waals surface area (Å²) in [6.45, 7) is 3.29. The van der Waals surface area contributed by atoms with Crippen LogP contribution in [0.3, 0.4) is 0 Å². The number of nitrogens with zero attached hydrogens (tertiary/aromatic N) is 3. The zero-order valence-corrected chi connectivity index (χ0v) is 18.8. The Morgan fingerprint density at radius 3 is 2.82 bits per heavy atom. The third-order valence-electron chi connectivity index (χ3n) is 5.52. The molecule has 1 fully saturated rings. The van der Waals surface area contributed by atoms with Crippen molar-refractivity contribution < 1.29 is 23.4 Å². The molecule has 2 aliphatic heterocycles. The van der Waals surface area contributed by atoms with Crippen molar-refractivity contribution in [1.82, 2.24) is 14.8 Å². The number of anilines is 1. The molecule has 1 aromatic heterocycles. The summed E-state index contributed by atoms with van der Waals surface area (Å²) in [6.07, 6.45) is 2.01. The van der Waals surface area contributed by atoms with Crippen LogP contribution in [0.5, 0.6) is 11.5 Å². The van der Waals surface area contributed by atoms with Crippen molar-refractivity contribution in [1.29, 1.82) is 0 Å². The van der Waals surface area contributed by atoms with E-state index >= 15 is 0 Å². The molecule has 3 heterocycles. The van der Waals surface area contributed by atoms with Crippen molar-refractivity contribution in [2.24, 2.45) is 0 Å². The molecule has 0 radical (unpaired) electrons. The lowest BCUT2D eigenvalue weighted by Crippen LogP contribution is -2.23. The largest absolute Gasteiger partial charge is 0.454 e. The maximum absolute atomic E-state index is 13.4. The molecule has 0 spiro atoms. The molecule has 2 aromatic carbocycles. The maximum Gasteiger partial charge on any atom is 0.237 e. The number of rotatable bonds is 7. The van der Waals surface area contributed by atoms with Gasteiger partial charge in [0.05, 0.1) is 17.9 Å². The summed E-state index contributed by atoms with van der Waals surface area (Å²) in [5.74, 6) is 1.40. The maximum atomic E-state index is 13.4. The van der Waals surface area contributed by atoms with Gasteiger partial charge in [0.1, 0.15) is 5.82 Å². The van der Waals surface area contributed by atoms with E-state index < -0.39 is 5.25 Å². The molecule has 8 nitrogen and oxygen atoms in total. The summed E-state index contributed by atoms with van der Waals surface area (Å²) >= 11 is 1.32. The fraction of sp³-hybridized carbons (Fsp3) is 0.348. The molecule has 1 N–H and O–H groups in total. The number of benzene rings is 2. The predicted molar refractivity (Wildman–Crippen MR) is 121 cm³/mol. The second-order valence-corrected chi connectivity index (χ2v) is 9.18. The van der Waals surface area contributed by atoms with E-state index in [2.05, 4.69) is 15.5 Å². The molecule has 5 rings (SSSR count). The van der Waals surface area contributed by atoms with Crippen molar-refractivity contribution in [3.05, 3.63) is 48.3 Å². The minimum atomic E-state index is -0.441. The highest BCUT2D eigenvalue weighted by Gasteiger charge is 2.25. The summed E-state index contributed by atoms with van der Waals surface area (Å²) in [6, 6.07) is 11.4. The first-order valence-electron chi connectivity index (χ1n) is 10.7. The highest BCUT2D eigenvalue weighted by molar-refractivity contribution is 8.00. The number of fused-ring (bicyclic) bond motifs is 1. The van der Waals surface area contributed by atoms with E-state index in [0.29, 0.717) is 34.7 Å². The zero-order chi connectivity index (χ0) is 22.8. The quantitative estimate of drug-likeness (QED) is 0.520. The molecule has 0 bridgehead atoms. The Morgan fingerprint density at radius 1 is 1.21 bits per heavy atom. The molecule has 2 atom stereocenters. The number of carbonyl (C=O) groups is 1. The van der Waals surface area contributed by atoms with Gasteiger partial charge in [-0.05, 0) is 56.2 Å². The van der Waals surface area contributed by atoms with Gasteiger partial charge in [-0.15, -0.1) is 10.2 Å². The van der Waals surface area contributed by atoms with Crippen LogP contribution in [0, 0.1) is 5.82 Å². The number of thioether (sulfide) groups is 1. The summed E-state index contributed by atoms with van der Waals surface area (Å²) in [4.78, 5) is 12.9. The van der Waals surface area contributed by atoms with Crippen molar-refractivity contribution in [2.75, 3.05) is 18.7 Å². The van der Waals surface area contributed by atoms with E-state index in [1.54, 1.807) is 30.3 Å². The van der Waals surface area contributed by atoms with Crippen LogP contribution in [0.1, 0.15) is 19.8 Å².